The van der Waals surface area contributed by atoms with Gasteiger partial charge in [0.15, 0.2) is 0 Å². The molecule has 3 nitrogen and oxygen atoms in total. The Morgan fingerprint density at radius 3 is 2.33 bits per heavy atom. The predicted octanol–water partition coefficient (Wildman–Crippen LogP) is 0.132. The molecule has 0 aromatic rings. The molecule has 0 unspecified atom stereocenters. The molecule has 0 spiro atoms. The van der Waals surface area contributed by atoms with Gasteiger partial charge in [0.1, 0.15) is 0 Å². The standard InChI is InChI=1S/C4H5B2O3/c1-5-3(7)9-4(8)6-2/h1H2,2H3. The van der Waals surface area contributed by atoms with Crippen LogP contribution in [0.4, 0.5) is 9.59 Å². The minimum absolute atomic E-state index is 0.653. The molecule has 9 heavy (non-hydrogen) atoms. The van der Waals surface area contributed by atoms with E-state index < -0.39 is 11.7 Å². The normalized spacial score (nSPS) is 7.22. The van der Waals surface area contributed by atoms with E-state index in [1.54, 1.807) is 0 Å². The molecular weight excluding hydrogens is 118 g/mol. The van der Waals surface area contributed by atoms with Gasteiger partial charge in [-0.3, -0.25) is 0 Å². The van der Waals surface area contributed by atoms with Crippen molar-refractivity contribution in [3.05, 3.63) is 0 Å². The first-order valence-corrected chi connectivity index (χ1v) is 2.38. The summed E-state index contributed by atoms with van der Waals surface area (Å²) in [6.45, 7) is 5.52. The van der Waals surface area contributed by atoms with Gasteiger partial charge in [-0.25, -0.2) is 0 Å². The second kappa shape index (κ2) is 4.06. The van der Waals surface area contributed by atoms with Crippen LogP contribution in [0.2, 0.25) is 6.82 Å². The number of carbonyl (C=O) groups excluding carboxylic acids is 2. The first-order chi connectivity index (χ1) is 4.20. The second-order valence-electron chi connectivity index (χ2n) is 1.23. The van der Waals surface area contributed by atoms with Crippen molar-refractivity contribution in [1.82, 2.24) is 0 Å². The molecule has 0 aromatic heterocycles. The van der Waals surface area contributed by atoms with E-state index in [0.717, 1.165) is 14.2 Å². The van der Waals surface area contributed by atoms with E-state index in [9.17, 15) is 9.59 Å². The Hall–Kier alpha value is -0.860. The number of hydrogen-bond acceptors (Lipinski definition) is 3. The summed E-state index contributed by atoms with van der Waals surface area (Å²) in [6.07, 6.45) is 0. The fraction of sp³-hybridized carbons (Fsp3) is 0.250. The van der Waals surface area contributed by atoms with Gasteiger partial charge in [-0.1, -0.05) is 0 Å². The van der Waals surface area contributed by atoms with Crippen LogP contribution in [0.3, 0.4) is 0 Å². The van der Waals surface area contributed by atoms with E-state index >= 15 is 0 Å². The van der Waals surface area contributed by atoms with Gasteiger partial charge >= 0.3 is 53.6 Å². The summed E-state index contributed by atoms with van der Waals surface area (Å²) in [6, 6.07) is 0. The molecule has 0 atom stereocenters. The Labute approximate surface area is 54.5 Å². The molecule has 0 aliphatic carbocycles. The van der Waals surface area contributed by atoms with Crippen LogP contribution in [0, 0.1) is 0 Å². The molecule has 0 amide bonds. The zero-order valence-electron chi connectivity index (χ0n) is 5.09. The van der Waals surface area contributed by atoms with E-state index in [2.05, 4.69) is 11.2 Å². The van der Waals surface area contributed by atoms with Gasteiger partial charge in [0.05, 0.1) is 0 Å². The van der Waals surface area contributed by atoms with Crippen molar-refractivity contribution in [1.29, 1.82) is 0 Å². The Morgan fingerprint density at radius 2 is 2.00 bits per heavy atom. The SMILES string of the molecule is C=BC(=O)OC(=O)[B]C. The third-order valence-electron chi connectivity index (χ3n) is 0.604. The molecule has 5 heteroatoms. The van der Waals surface area contributed by atoms with Crippen LogP contribution in [0.25, 0.3) is 0 Å². The van der Waals surface area contributed by atoms with Gasteiger partial charge < -0.3 is 0 Å². The molecule has 0 heterocycles. The summed E-state index contributed by atoms with van der Waals surface area (Å²) >= 11 is 0. The molecule has 1 radical (unpaired) electrons. The zero-order chi connectivity index (χ0) is 7.28. The summed E-state index contributed by atoms with van der Waals surface area (Å²) in [5.41, 5.74) is 0. The van der Waals surface area contributed by atoms with Gasteiger partial charge in [-0.15, -0.1) is 0 Å². The van der Waals surface area contributed by atoms with Crippen LogP contribution in [-0.2, 0) is 4.74 Å². The molecule has 45 valence electrons. The first-order valence-electron chi connectivity index (χ1n) is 2.38. The van der Waals surface area contributed by atoms with Crippen molar-refractivity contribution in [2.24, 2.45) is 0 Å². The molecule has 0 rings (SSSR count). The van der Waals surface area contributed by atoms with E-state index in [-0.39, 0.29) is 0 Å². The third kappa shape index (κ3) is 3.70. The summed E-state index contributed by atoms with van der Waals surface area (Å²) in [5, 5.41) is 0. The van der Waals surface area contributed by atoms with Crippen molar-refractivity contribution >= 4 is 32.4 Å². The number of hydrogen-bond donors (Lipinski definition) is 0. The quantitative estimate of drug-likeness (QED) is 0.387. The molecule has 0 saturated heterocycles. The molecule has 0 saturated carbocycles. The maximum atomic E-state index is 10.2. The molecule has 0 fully saturated rings. The minimum atomic E-state index is -0.724. The molecule has 0 aliphatic rings. The maximum absolute atomic E-state index is 10.2. The molecule has 0 aliphatic heterocycles. The Morgan fingerprint density at radius 1 is 1.44 bits per heavy atom. The summed E-state index contributed by atoms with van der Waals surface area (Å²) in [4.78, 5) is 20.4. The third-order valence-corrected chi connectivity index (χ3v) is 0.604. The summed E-state index contributed by atoms with van der Waals surface area (Å²) in [5.74, 6) is -1.38. The molecular formula is C4H5B2O3. The van der Waals surface area contributed by atoms with E-state index in [4.69, 9.17) is 0 Å². The second-order valence-corrected chi connectivity index (χ2v) is 1.23. The van der Waals surface area contributed by atoms with Gasteiger partial charge in [0, 0.05) is 0 Å². The van der Waals surface area contributed by atoms with Gasteiger partial charge in [0.2, 0.25) is 0 Å². The average Bonchev–Trinajstić information content (AvgIpc) is 1.87. The summed E-state index contributed by atoms with van der Waals surface area (Å²) < 4.78 is 4.10. The van der Waals surface area contributed by atoms with Crippen LogP contribution in [0.5, 0.6) is 0 Å². The van der Waals surface area contributed by atoms with Crippen molar-refractivity contribution < 1.29 is 14.3 Å². The Kier molecular flexibility index (Phi) is 3.67. The predicted molar refractivity (Wildman–Crippen MR) is 36.4 cm³/mol. The fourth-order valence-corrected chi connectivity index (χ4v) is 0.200. The number of carbonyl (C=O) groups is 2. The van der Waals surface area contributed by atoms with E-state index in [0.29, 0.717) is 0 Å². The van der Waals surface area contributed by atoms with Crippen LogP contribution in [-0.4, -0.2) is 32.4 Å². The topological polar surface area (TPSA) is 43.4 Å². The van der Waals surface area contributed by atoms with Crippen molar-refractivity contribution in [3.8, 4) is 0 Å². The summed E-state index contributed by atoms with van der Waals surface area (Å²) in [7, 11) is 1.15. The number of ether oxygens (including phenoxy) is 1. The number of rotatable bonds is 2. The van der Waals surface area contributed by atoms with Crippen LogP contribution in [0.15, 0.2) is 0 Å². The van der Waals surface area contributed by atoms with Crippen molar-refractivity contribution in [2.75, 3.05) is 0 Å². The van der Waals surface area contributed by atoms with E-state index in [1.165, 1.54) is 6.82 Å². The van der Waals surface area contributed by atoms with Crippen molar-refractivity contribution in [2.45, 2.75) is 6.82 Å². The van der Waals surface area contributed by atoms with Gasteiger partial charge in [-0.05, 0) is 0 Å². The zero-order valence-corrected chi connectivity index (χ0v) is 5.09. The van der Waals surface area contributed by atoms with Crippen LogP contribution < -0.4 is 0 Å². The fourth-order valence-electron chi connectivity index (χ4n) is 0.200. The van der Waals surface area contributed by atoms with Gasteiger partial charge in [0.25, 0.3) is 0 Å². The van der Waals surface area contributed by atoms with Crippen LogP contribution in [0.1, 0.15) is 0 Å². The Bertz CT molecular complexity index is 143. The Balaban J connectivity index is 3.59. The van der Waals surface area contributed by atoms with Crippen LogP contribution >= 0.6 is 0 Å². The molecule has 0 bridgehead atoms. The van der Waals surface area contributed by atoms with E-state index in [1.807, 2.05) is 0 Å². The molecule has 0 N–H and O–H groups in total. The molecule has 0 aromatic carbocycles. The first kappa shape index (κ1) is 8.14. The van der Waals surface area contributed by atoms with Crippen molar-refractivity contribution in [3.63, 3.8) is 0 Å². The monoisotopic (exact) mass is 123 g/mol. The van der Waals surface area contributed by atoms with Gasteiger partial charge in [-0.2, -0.15) is 0 Å². The average molecular weight is 123 g/mol.